The first-order valence-corrected chi connectivity index (χ1v) is 8.43. The average Bonchev–Trinajstić information content (AvgIpc) is 3.11. The summed E-state index contributed by atoms with van der Waals surface area (Å²) in [7, 11) is 0. The van der Waals surface area contributed by atoms with Gasteiger partial charge in [0.05, 0.1) is 6.54 Å². The predicted octanol–water partition coefficient (Wildman–Crippen LogP) is 1.74. The molecule has 1 N–H and O–H groups in total. The van der Waals surface area contributed by atoms with Crippen molar-refractivity contribution in [2.75, 3.05) is 17.6 Å². The van der Waals surface area contributed by atoms with Gasteiger partial charge in [0.2, 0.25) is 5.13 Å². The average molecular weight is 334 g/mol. The molecule has 9 heteroatoms. The fourth-order valence-electron chi connectivity index (χ4n) is 1.83. The van der Waals surface area contributed by atoms with Crippen LogP contribution in [0.15, 0.2) is 46.2 Å². The number of pyridine rings is 1. The number of nitrogens with zero attached hydrogens (tertiary/aromatic N) is 5. The molecule has 0 bridgehead atoms. The van der Waals surface area contributed by atoms with Crippen LogP contribution in [0.4, 0.5) is 5.13 Å². The first-order valence-electron chi connectivity index (χ1n) is 6.63. The lowest BCUT2D eigenvalue weighted by atomic mass is 10.5. The Balaban J connectivity index is 1.60. The van der Waals surface area contributed by atoms with Crippen molar-refractivity contribution < 1.29 is 0 Å². The topological polar surface area (TPSA) is 77.1 Å². The minimum Gasteiger partial charge on any atom is -0.357 e. The van der Waals surface area contributed by atoms with Crippen molar-refractivity contribution in [3.63, 3.8) is 0 Å². The minimum absolute atomic E-state index is 0.123. The largest absolute Gasteiger partial charge is 0.357 e. The van der Waals surface area contributed by atoms with E-state index in [2.05, 4.69) is 27.2 Å². The van der Waals surface area contributed by atoms with Gasteiger partial charge in [-0.05, 0) is 12.1 Å². The van der Waals surface area contributed by atoms with E-state index in [9.17, 15) is 4.79 Å². The van der Waals surface area contributed by atoms with Gasteiger partial charge >= 0.3 is 5.69 Å². The molecule has 114 valence electrons. The summed E-state index contributed by atoms with van der Waals surface area (Å²) >= 11 is 3.04. The molecule has 3 rings (SSSR count). The normalized spacial score (nSPS) is 10.9. The number of thioether (sulfide) groups is 1. The van der Waals surface area contributed by atoms with Gasteiger partial charge in [-0.1, -0.05) is 35.2 Å². The van der Waals surface area contributed by atoms with Gasteiger partial charge in [0.1, 0.15) is 0 Å². The molecular formula is C13H14N6OS2. The molecule has 0 saturated heterocycles. The summed E-state index contributed by atoms with van der Waals surface area (Å²) in [5.74, 6) is 0.708. The molecule has 3 aromatic rings. The summed E-state index contributed by atoms with van der Waals surface area (Å²) in [6.07, 6.45) is 3.49. The molecule has 3 aromatic heterocycles. The third-order valence-electron chi connectivity index (χ3n) is 2.82. The highest BCUT2D eigenvalue weighted by Crippen LogP contribution is 2.25. The van der Waals surface area contributed by atoms with Crippen LogP contribution in [-0.2, 0) is 6.54 Å². The summed E-state index contributed by atoms with van der Waals surface area (Å²) in [5, 5.41) is 16.3. The Morgan fingerprint density at radius 3 is 3.14 bits per heavy atom. The van der Waals surface area contributed by atoms with Crippen molar-refractivity contribution in [1.29, 1.82) is 0 Å². The third kappa shape index (κ3) is 3.20. The highest BCUT2D eigenvalue weighted by molar-refractivity contribution is 8.01. The zero-order valence-corrected chi connectivity index (χ0v) is 13.3. The summed E-state index contributed by atoms with van der Waals surface area (Å²) in [4.78, 5) is 12.1. The lowest BCUT2D eigenvalue weighted by Gasteiger charge is -1.96. The first-order chi connectivity index (χ1) is 10.8. The fraction of sp³-hybridized carbons (Fsp3) is 0.231. The molecule has 7 nitrogen and oxygen atoms in total. The molecule has 0 radical (unpaired) electrons. The highest BCUT2D eigenvalue weighted by Gasteiger charge is 2.07. The Hall–Kier alpha value is -2.13. The third-order valence-corrected chi connectivity index (χ3v) is 4.82. The molecule has 0 aromatic carbocycles. The number of rotatable bonds is 7. The summed E-state index contributed by atoms with van der Waals surface area (Å²) in [6.45, 7) is 4.83. The monoisotopic (exact) mass is 334 g/mol. The lowest BCUT2D eigenvalue weighted by Crippen LogP contribution is -2.21. The van der Waals surface area contributed by atoms with E-state index in [4.69, 9.17) is 0 Å². The molecule has 0 aliphatic carbocycles. The van der Waals surface area contributed by atoms with Crippen LogP contribution in [0.5, 0.6) is 0 Å². The van der Waals surface area contributed by atoms with Crippen molar-refractivity contribution >= 4 is 33.9 Å². The van der Waals surface area contributed by atoms with Crippen molar-refractivity contribution in [2.45, 2.75) is 10.9 Å². The van der Waals surface area contributed by atoms with Crippen LogP contribution < -0.4 is 11.0 Å². The number of aromatic nitrogens is 5. The Labute approximate surface area is 134 Å². The zero-order valence-electron chi connectivity index (χ0n) is 11.7. The number of aryl methyl sites for hydroxylation is 1. The van der Waals surface area contributed by atoms with Gasteiger partial charge in [-0.25, -0.2) is 9.48 Å². The van der Waals surface area contributed by atoms with Crippen LogP contribution in [0.1, 0.15) is 0 Å². The van der Waals surface area contributed by atoms with Crippen molar-refractivity contribution in [1.82, 2.24) is 24.4 Å². The Morgan fingerprint density at radius 2 is 2.32 bits per heavy atom. The summed E-state index contributed by atoms with van der Waals surface area (Å²) < 4.78 is 3.87. The number of hydrogen-bond acceptors (Lipinski definition) is 7. The van der Waals surface area contributed by atoms with Crippen LogP contribution in [0, 0.1) is 0 Å². The predicted molar refractivity (Wildman–Crippen MR) is 88.8 cm³/mol. The van der Waals surface area contributed by atoms with Gasteiger partial charge in [-0.2, -0.15) is 0 Å². The Bertz CT molecular complexity index is 836. The van der Waals surface area contributed by atoms with Gasteiger partial charge in [0.15, 0.2) is 9.99 Å². The second-order valence-electron chi connectivity index (χ2n) is 4.33. The van der Waals surface area contributed by atoms with Gasteiger partial charge < -0.3 is 5.32 Å². The van der Waals surface area contributed by atoms with E-state index < -0.39 is 0 Å². The maximum Gasteiger partial charge on any atom is 0.350 e. The maximum absolute atomic E-state index is 12.1. The van der Waals surface area contributed by atoms with E-state index >= 15 is 0 Å². The van der Waals surface area contributed by atoms with Gasteiger partial charge in [0.25, 0.3) is 0 Å². The fourth-order valence-corrected chi connectivity index (χ4v) is 3.58. The number of nitrogens with one attached hydrogen (secondary N) is 1. The van der Waals surface area contributed by atoms with Crippen molar-refractivity contribution in [3.05, 3.63) is 47.5 Å². The molecule has 3 heterocycles. The number of anilines is 1. The van der Waals surface area contributed by atoms with E-state index in [0.29, 0.717) is 24.5 Å². The standard InChI is InChI=1S/C13H14N6OS2/c1-2-6-14-11-15-16-12(22-11)21-9-8-19-13(20)18-7-4-3-5-10(18)17-19/h2-5,7H,1,6,8-9H2,(H,14,15). The van der Waals surface area contributed by atoms with Gasteiger partial charge in [-0.15, -0.1) is 21.9 Å². The van der Waals surface area contributed by atoms with Crippen LogP contribution in [0.3, 0.4) is 0 Å². The Kier molecular flexibility index (Phi) is 4.54. The molecule has 0 saturated carbocycles. The highest BCUT2D eigenvalue weighted by atomic mass is 32.2. The van der Waals surface area contributed by atoms with Crippen LogP contribution >= 0.6 is 23.1 Å². The summed E-state index contributed by atoms with van der Waals surface area (Å²) in [6, 6.07) is 5.49. The quantitative estimate of drug-likeness (QED) is 0.524. The van der Waals surface area contributed by atoms with Crippen molar-refractivity contribution in [2.24, 2.45) is 0 Å². The number of fused-ring (bicyclic) bond motifs is 1. The summed E-state index contributed by atoms with van der Waals surface area (Å²) in [5.41, 5.74) is 0.533. The molecule has 0 fully saturated rings. The van der Waals surface area contributed by atoms with E-state index in [1.165, 1.54) is 20.4 Å². The lowest BCUT2D eigenvalue weighted by molar-refractivity contribution is 0.639. The SMILES string of the molecule is C=CCNc1nnc(SCCn2nc3ccccn3c2=O)s1. The zero-order chi connectivity index (χ0) is 15.4. The van der Waals surface area contributed by atoms with Crippen LogP contribution in [0.2, 0.25) is 0 Å². The minimum atomic E-state index is -0.123. The maximum atomic E-state index is 12.1. The molecule has 0 spiro atoms. The molecule has 0 unspecified atom stereocenters. The molecule has 0 aliphatic rings. The Morgan fingerprint density at radius 1 is 1.41 bits per heavy atom. The molecule has 0 aliphatic heterocycles. The second kappa shape index (κ2) is 6.75. The smallest absolute Gasteiger partial charge is 0.350 e. The van der Waals surface area contributed by atoms with Gasteiger partial charge in [0, 0.05) is 18.5 Å². The number of hydrogen-bond donors (Lipinski definition) is 1. The molecule has 22 heavy (non-hydrogen) atoms. The van der Waals surface area contributed by atoms with Crippen LogP contribution in [0.25, 0.3) is 5.65 Å². The molecular weight excluding hydrogens is 320 g/mol. The van der Waals surface area contributed by atoms with E-state index in [1.54, 1.807) is 24.0 Å². The van der Waals surface area contributed by atoms with E-state index in [0.717, 1.165) is 9.47 Å². The molecule has 0 atom stereocenters. The molecule has 0 amide bonds. The first kappa shape index (κ1) is 14.8. The second-order valence-corrected chi connectivity index (χ2v) is 6.65. The van der Waals surface area contributed by atoms with E-state index in [-0.39, 0.29) is 5.69 Å². The van der Waals surface area contributed by atoms with Crippen LogP contribution in [-0.4, -0.2) is 36.7 Å². The van der Waals surface area contributed by atoms with Gasteiger partial charge in [-0.3, -0.25) is 4.40 Å². The van der Waals surface area contributed by atoms with Crippen molar-refractivity contribution in [3.8, 4) is 0 Å². The van der Waals surface area contributed by atoms with E-state index in [1.807, 2.05) is 18.2 Å².